The zero-order valence-corrected chi connectivity index (χ0v) is 11.8. The van der Waals surface area contributed by atoms with Crippen LogP contribution in [0.3, 0.4) is 0 Å². The molecule has 0 N–H and O–H groups in total. The molecule has 3 rings (SSSR count). The van der Waals surface area contributed by atoms with E-state index < -0.39 is 0 Å². The van der Waals surface area contributed by atoms with Gasteiger partial charge in [-0.3, -0.25) is 0 Å². The standard InChI is InChI=1S/C16H13NO2S/c1-18-13-9-7-12(8-10-13)15-14(17-16(20)19-15)11-5-3-2-4-6-11/h2-10H,1H3,(H,17,20). The Kier molecular flexibility index (Phi) is 3.48. The molecule has 4 heteroatoms. The fourth-order valence-corrected chi connectivity index (χ4v) is 2.23. The van der Waals surface area contributed by atoms with E-state index >= 15 is 0 Å². The predicted octanol–water partition coefficient (Wildman–Crippen LogP) is 4.31. The van der Waals surface area contributed by atoms with E-state index in [2.05, 4.69) is 17.6 Å². The van der Waals surface area contributed by atoms with Crippen molar-refractivity contribution in [3.05, 3.63) is 54.6 Å². The van der Waals surface area contributed by atoms with Gasteiger partial charge in [-0.15, -0.1) is 0 Å². The van der Waals surface area contributed by atoms with Gasteiger partial charge >= 0.3 is 0 Å². The molecule has 1 aromatic heterocycles. The van der Waals surface area contributed by atoms with Crippen molar-refractivity contribution in [2.24, 2.45) is 0 Å². The summed E-state index contributed by atoms with van der Waals surface area (Å²) in [4.78, 5) is 4.37. The van der Waals surface area contributed by atoms with Crippen LogP contribution in [-0.2, 0) is 0 Å². The molecule has 0 aliphatic rings. The second kappa shape index (κ2) is 5.43. The Balaban J connectivity index is 2.09. The third kappa shape index (κ3) is 2.42. The van der Waals surface area contributed by atoms with Gasteiger partial charge in [0.2, 0.25) is 0 Å². The minimum Gasteiger partial charge on any atom is -0.497 e. The average Bonchev–Trinajstić information content (AvgIpc) is 2.90. The Bertz CT molecular complexity index is 705. The highest BCUT2D eigenvalue weighted by Crippen LogP contribution is 2.34. The summed E-state index contributed by atoms with van der Waals surface area (Å²) in [5.41, 5.74) is 2.74. The molecule has 1 heterocycles. The zero-order chi connectivity index (χ0) is 13.9. The maximum atomic E-state index is 5.64. The fourth-order valence-electron chi connectivity index (χ4n) is 2.04. The molecule has 0 unspecified atom stereocenters. The highest BCUT2D eigenvalue weighted by Gasteiger charge is 2.15. The van der Waals surface area contributed by atoms with Gasteiger partial charge in [0.15, 0.2) is 5.76 Å². The number of hydrogen-bond donors (Lipinski definition) is 1. The van der Waals surface area contributed by atoms with Gasteiger partial charge in [-0.1, -0.05) is 43.0 Å². The topological polar surface area (TPSA) is 35.3 Å². The molecule has 0 bridgehead atoms. The van der Waals surface area contributed by atoms with Gasteiger partial charge < -0.3 is 9.15 Å². The molecule has 100 valence electrons. The zero-order valence-electron chi connectivity index (χ0n) is 10.9. The van der Waals surface area contributed by atoms with E-state index in [0.717, 1.165) is 22.6 Å². The number of rotatable bonds is 3. The van der Waals surface area contributed by atoms with E-state index in [1.165, 1.54) is 0 Å². The van der Waals surface area contributed by atoms with E-state index in [0.29, 0.717) is 11.0 Å². The summed E-state index contributed by atoms with van der Waals surface area (Å²) in [6.45, 7) is 0. The van der Waals surface area contributed by atoms with Crippen LogP contribution < -0.4 is 4.74 Å². The number of ether oxygens (including phenoxy) is 1. The number of methoxy groups -OCH3 is 1. The summed E-state index contributed by atoms with van der Waals surface area (Å²) in [5.74, 6) is 1.52. The van der Waals surface area contributed by atoms with Gasteiger partial charge in [0.1, 0.15) is 11.4 Å². The van der Waals surface area contributed by atoms with Crippen LogP contribution in [0.15, 0.2) is 64.2 Å². The Morgan fingerprint density at radius 2 is 1.65 bits per heavy atom. The monoisotopic (exact) mass is 283 g/mol. The minimum absolute atomic E-state index is 0.356. The van der Waals surface area contributed by atoms with Crippen LogP contribution >= 0.6 is 12.6 Å². The Hall–Kier alpha value is -2.20. The molecule has 0 saturated heterocycles. The number of thiol groups is 1. The molecule has 0 radical (unpaired) electrons. The van der Waals surface area contributed by atoms with Crippen molar-refractivity contribution in [2.75, 3.05) is 7.11 Å². The fraction of sp³-hybridized carbons (Fsp3) is 0.0625. The molecule has 0 aliphatic carbocycles. The summed E-state index contributed by atoms with van der Waals surface area (Å²) in [7, 11) is 1.64. The van der Waals surface area contributed by atoms with Gasteiger partial charge in [0, 0.05) is 11.1 Å². The van der Waals surface area contributed by atoms with Crippen LogP contribution in [0.2, 0.25) is 0 Å². The first kappa shape index (κ1) is 12.8. The van der Waals surface area contributed by atoms with Crippen LogP contribution in [0.1, 0.15) is 0 Å². The van der Waals surface area contributed by atoms with Crippen LogP contribution in [0.4, 0.5) is 0 Å². The normalized spacial score (nSPS) is 10.5. The van der Waals surface area contributed by atoms with Crippen molar-refractivity contribution < 1.29 is 9.15 Å². The molecule has 0 aliphatic heterocycles. The molecule has 0 fully saturated rings. The summed E-state index contributed by atoms with van der Waals surface area (Å²) in [6.07, 6.45) is 0. The molecule has 2 aromatic carbocycles. The molecule has 3 aromatic rings. The third-order valence-corrected chi connectivity index (χ3v) is 3.21. The Labute approximate surface area is 122 Å². The maximum Gasteiger partial charge on any atom is 0.253 e. The van der Waals surface area contributed by atoms with E-state index in [1.54, 1.807) is 7.11 Å². The van der Waals surface area contributed by atoms with Crippen molar-refractivity contribution >= 4 is 12.6 Å². The highest BCUT2D eigenvalue weighted by molar-refractivity contribution is 7.80. The lowest BCUT2D eigenvalue weighted by molar-refractivity contribution is 0.414. The average molecular weight is 283 g/mol. The largest absolute Gasteiger partial charge is 0.497 e. The predicted molar refractivity (Wildman–Crippen MR) is 81.2 cm³/mol. The van der Waals surface area contributed by atoms with Gasteiger partial charge in [-0.05, 0) is 24.3 Å². The lowest BCUT2D eigenvalue weighted by Crippen LogP contribution is -1.84. The lowest BCUT2D eigenvalue weighted by atomic mass is 10.1. The summed E-state index contributed by atoms with van der Waals surface area (Å²) in [6, 6.07) is 17.6. The molecule has 3 nitrogen and oxygen atoms in total. The Morgan fingerprint density at radius 3 is 2.30 bits per heavy atom. The minimum atomic E-state index is 0.356. The third-order valence-electron chi connectivity index (χ3n) is 3.02. The quantitative estimate of drug-likeness (QED) is 0.728. The van der Waals surface area contributed by atoms with Crippen LogP contribution in [0.5, 0.6) is 5.75 Å². The van der Waals surface area contributed by atoms with Crippen molar-refractivity contribution in [2.45, 2.75) is 5.22 Å². The number of aromatic nitrogens is 1. The van der Waals surface area contributed by atoms with E-state index in [1.807, 2.05) is 54.6 Å². The van der Waals surface area contributed by atoms with Gasteiger partial charge in [-0.2, -0.15) is 0 Å². The molecule has 0 atom stereocenters. The first-order chi connectivity index (χ1) is 9.78. The van der Waals surface area contributed by atoms with Crippen molar-refractivity contribution in [1.29, 1.82) is 0 Å². The van der Waals surface area contributed by atoms with Crippen LogP contribution in [0, 0.1) is 0 Å². The van der Waals surface area contributed by atoms with Crippen LogP contribution in [-0.4, -0.2) is 12.1 Å². The summed E-state index contributed by atoms with van der Waals surface area (Å²) >= 11 is 4.21. The molecular weight excluding hydrogens is 270 g/mol. The molecule has 20 heavy (non-hydrogen) atoms. The van der Waals surface area contributed by atoms with Crippen molar-refractivity contribution in [3.8, 4) is 28.3 Å². The Morgan fingerprint density at radius 1 is 0.950 bits per heavy atom. The number of nitrogens with zero attached hydrogens (tertiary/aromatic N) is 1. The first-order valence-electron chi connectivity index (χ1n) is 6.17. The summed E-state index contributed by atoms with van der Waals surface area (Å²) in [5, 5.41) is 0.356. The highest BCUT2D eigenvalue weighted by atomic mass is 32.1. The van der Waals surface area contributed by atoms with Gasteiger partial charge in [0.05, 0.1) is 7.11 Å². The van der Waals surface area contributed by atoms with Gasteiger partial charge in [0.25, 0.3) is 5.22 Å². The molecule has 0 amide bonds. The first-order valence-corrected chi connectivity index (χ1v) is 6.62. The lowest BCUT2D eigenvalue weighted by Gasteiger charge is -2.03. The van der Waals surface area contributed by atoms with Crippen molar-refractivity contribution in [1.82, 2.24) is 4.98 Å². The van der Waals surface area contributed by atoms with Gasteiger partial charge in [-0.25, -0.2) is 4.98 Å². The molecule has 0 spiro atoms. The van der Waals surface area contributed by atoms with Crippen molar-refractivity contribution in [3.63, 3.8) is 0 Å². The van der Waals surface area contributed by atoms with E-state index in [-0.39, 0.29) is 0 Å². The second-order valence-electron chi connectivity index (χ2n) is 4.27. The van der Waals surface area contributed by atoms with E-state index in [9.17, 15) is 0 Å². The maximum absolute atomic E-state index is 5.64. The number of hydrogen-bond acceptors (Lipinski definition) is 4. The summed E-state index contributed by atoms with van der Waals surface area (Å²) < 4.78 is 10.8. The molecular formula is C16H13NO2S. The SMILES string of the molecule is COc1ccc(-c2oc(S)nc2-c2ccccc2)cc1. The molecule has 0 saturated carbocycles. The van der Waals surface area contributed by atoms with Crippen LogP contribution in [0.25, 0.3) is 22.6 Å². The second-order valence-corrected chi connectivity index (χ2v) is 4.65. The number of oxazole rings is 1. The smallest absolute Gasteiger partial charge is 0.253 e. The van der Waals surface area contributed by atoms with E-state index in [4.69, 9.17) is 9.15 Å². The number of benzene rings is 2.